The second-order valence-electron chi connectivity index (χ2n) is 2.75. The van der Waals surface area contributed by atoms with Crippen LogP contribution in [0.15, 0.2) is 17.0 Å². The van der Waals surface area contributed by atoms with Crippen LogP contribution in [0.4, 0.5) is 10.1 Å². The lowest BCUT2D eigenvalue weighted by molar-refractivity contribution is -0.388. The molecule has 0 atom stereocenters. The molecular formula is C7H6FNO5S. The van der Waals surface area contributed by atoms with Gasteiger partial charge in [0.1, 0.15) is 5.82 Å². The average Bonchev–Trinajstić information content (AvgIpc) is 2.06. The van der Waals surface area contributed by atoms with Crippen molar-refractivity contribution in [2.45, 2.75) is 11.8 Å². The number of nitrogens with zero attached hydrogens (tertiary/aromatic N) is 1. The minimum absolute atomic E-state index is 0.480. The molecule has 0 saturated carbocycles. The minimum atomic E-state index is -4.81. The Hall–Kier alpha value is -1.54. The smallest absolute Gasteiger partial charge is 0.282 e. The van der Waals surface area contributed by atoms with Gasteiger partial charge in [-0.3, -0.25) is 14.7 Å². The third-order valence-corrected chi connectivity index (χ3v) is 2.80. The number of rotatable bonds is 2. The summed E-state index contributed by atoms with van der Waals surface area (Å²) >= 11 is 0. The van der Waals surface area contributed by atoms with Crippen LogP contribution in [0.3, 0.4) is 0 Å². The van der Waals surface area contributed by atoms with Gasteiger partial charge >= 0.3 is 10.1 Å². The summed E-state index contributed by atoms with van der Waals surface area (Å²) in [4.78, 5) is 8.43. The van der Waals surface area contributed by atoms with Crippen molar-refractivity contribution in [3.8, 4) is 0 Å². The molecule has 1 rings (SSSR count). The SMILES string of the molecule is Cc1c(F)ccc([N+](=O)[O-])c1S(=O)(=O)O. The first-order chi connectivity index (χ1) is 6.75. The van der Waals surface area contributed by atoms with Gasteiger partial charge in [0, 0.05) is 11.6 Å². The van der Waals surface area contributed by atoms with Gasteiger partial charge in [-0.1, -0.05) is 0 Å². The number of nitro groups is 1. The summed E-state index contributed by atoms with van der Waals surface area (Å²) in [5.74, 6) is -0.937. The number of benzene rings is 1. The molecule has 0 unspecified atom stereocenters. The largest absolute Gasteiger partial charge is 0.301 e. The van der Waals surface area contributed by atoms with Gasteiger partial charge in [-0.15, -0.1) is 0 Å². The van der Waals surface area contributed by atoms with Gasteiger partial charge in [0.2, 0.25) is 0 Å². The van der Waals surface area contributed by atoms with Gasteiger partial charge in [-0.2, -0.15) is 8.42 Å². The second kappa shape index (κ2) is 3.55. The highest BCUT2D eigenvalue weighted by molar-refractivity contribution is 7.86. The molecule has 0 amide bonds. The standard InChI is InChI=1S/C7H6FNO5S/c1-4-5(8)2-3-6(9(10)11)7(4)15(12,13)14/h2-3H,1H3,(H,12,13,14). The molecule has 1 N–H and O–H groups in total. The summed E-state index contributed by atoms with van der Waals surface area (Å²) in [7, 11) is -4.81. The molecule has 6 nitrogen and oxygen atoms in total. The van der Waals surface area contributed by atoms with Crippen molar-refractivity contribution in [2.24, 2.45) is 0 Å². The van der Waals surface area contributed by atoms with Gasteiger partial charge in [0.25, 0.3) is 5.69 Å². The van der Waals surface area contributed by atoms with Gasteiger partial charge in [0.05, 0.1) is 4.92 Å². The Morgan fingerprint density at radius 3 is 2.40 bits per heavy atom. The maximum Gasteiger partial charge on any atom is 0.301 e. The Labute approximate surface area is 84.2 Å². The maximum absolute atomic E-state index is 13.0. The summed E-state index contributed by atoms with van der Waals surface area (Å²) < 4.78 is 43.3. The maximum atomic E-state index is 13.0. The van der Waals surface area contributed by atoms with Crippen LogP contribution in [-0.4, -0.2) is 17.9 Å². The van der Waals surface area contributed by atoms with E-state index in [4.69, 9.17) is 4.55 Å². The zero-order valence-electron chi connectivity index (χ0n) is 7.47. The van der Waals surface area contributed by atoms with E-state index < -0.39 is 37.0 Å². The number of hydrogen-bond donors (Lipinski definition) is 1. The molecule has 82 valence electrons. The zero-order chi connectivity index (χ0) is 11.8. The first-order valence-electron chi connectivity index (χ1n) is 3.66. The van der Waals surface area contributed by atoms with Crippen LogP contribution in [0.25, 0.3) is 0 Å². The highest BCUT2D eigenvalue weighted by Crippen LogP contribution is 2.28. The lowest BCUT2D eigenvalue weighted by Gasteiger charge is -2.03. The van der Waals surface area contributed by atoms with Crippen LogP contribution in [0.5, 0.6) is 0 Å². The molecule has 0 heterocycles. The molecule has 8 heteroatoms. The van der Waals surface area contributed by atoms with Crippen LogP contribution < -0.4 is 0 Å². The summed E-state index contributed by atoms with van der Waals surface area (Å²) in [5.41, 5.74) is -1.33. The van der Waals surface area contributed by atoms with E-state index in [1.165, 1.54) is 0 Å². The third kappa shape index (κ3) is 2.10. The number of nitro benzene ring substituents is 1. The second-order valence-corrected chi connectivity index (χ2v) is 4.11. The fraction of sp³-hybridized carbons (Fsp3) is 0.143. The summed E-state index contributed by atoms with van der Waals surface area (Å²) in [6.45, 7) is 1.03. The van der Waals surface area contributed by atoms with E-state index in [-0.39, 0.29) is 0 Å². The van der Waals surface area contributed by atoms with E-state index in [0.29, 0.717) is 6.07 Å². The monoisotopic (exact) mass is 235 g/mol. The Bertz CT molecular complexity index is 524. The van der Waals surface area contributed by atoms with Crippen molar-refractivity contribution in [3.63, 3.8) is 0 Å². The molecule has 0 aliphatic rings. The first-order valence-corrected chi connectivity index (χ1v) is 5.10. The van der Waals surface area contributed by atoms with E-state index in [2.05, 4.69) is 0 Å². The van der Waals surface area contributed by atoms with E-state index >= 15 is 0 Å². The van der Waals surface area contributed by atoms with E-state index in [1.807, 2.05) is 0 Å². The predicted molar refractivity (Wildman–Crippen MR) is 47.6 cm³/mol. The third-order valence-electron chi connectivity index (χ3n) is 1.77. The minimum Gasteiger partial charge on any atom is -0.282 e. The Balaban J connectivity index is 3.72. The molecule has 0 fully saturated rings. The van der Waals surface area contributed by atoms with Gasteiger partial charge in [-0.05, 0) is 13.0 Å². The van der Waals surface area contributed by atoms with Gasteiger partial charge in [-0.25, -0.2) is 4.39 Å². The van der Waals surface area contributed by atoms with Crippen LogP contribution in [0.1, 0.15) is 5.56 Å². The molecule has 0 radical (unpaired) electrons. The fourth-order valence-electron chi connectivity index (χ4n) is 1.12. The molecule has 0 aliphatic carbocycles. The van der Waals surface area contributed by atoms with E-state index in [1.54, 1.807) is 0 Å². The average molecular weight is 235 g/mol. The normalized spacial score (nSPS) is 11.4. The first kappa shape index (κ1) is 11.5. The summed E-state index contributed by atoms with van der Waals surface area (Å²) in [5, 5.41) is 10.4. The van der Waals surface area contributed by atoms with Crippen LogP contribution in [-0.2, 0) is 10.1 Å². The quantitative estimate of drug-likeness (QED) is 0.473. The van der Waals surface area contributed by atoms with Crippen molar-refractivity contribution in [3.05, 3.63) is 33.6 Å². The molecule has 0 bridgehead atoms. The molecular weight excluding hydrogens is 229 g/mol. The number of halogens is 1. The molecule has 15 heavy (non-hydrogen) atoms. The predicted octanol–water partition coefficient (Wildman–Crippen LogP) is 1.29. The molecule has 0 saturated heterocycles. The van der Waals surface area contributed by atoms with Gasteiger partial charge in [0.15, 0.2) is 4.90 Å². The van der Waals surface area contributed by atoms with Gasteiger partial charge < -0.3 is 0 Å². The number of hydrogen-bond acceptors (Lipinski definition) is 4. The van der Waals surface area contributed by atoms with E-state index in [9.17, 15) is 22.9 Å². The fourth-order valence-corrected chi connectivity index (χ4v) is 2.01. The van der Waals surface area contributed by atoms with Crippen LogP contribution in [0, 0.1) is 22.9 Å². The van der Waals surface area contributed by atoms with Crippen molar-refractivity contribution >= 4 is 15.8 Å². The molecule has 0 spiro atoms. The highest BCUT2D eigenvalue weighted by Gasteiger charge is 2.28. The van der Waals surface area contributed by atoms with Crippen molar-refractivity contribution in [2.75, 3.05) is 0 Å². The van der Waals surface area contributed by atoms with Crippen molar-refractivity contribution in [1.29, 1.82) is 0 Å². The highest BCUT2D eigenvalue weighted by atomic mass is 32.2. The molecule has 1 aromatic rings. The Morgan fingerprint density at radius 2 is 2.00 bits per heavy atom. The summed E-state index contributed by atoms with van der Waals surface area (Å²) in [6, 6.07) is 1.45. The van der Waals surface area contributed by atoms with Crippen LogP contribution >= 0.6 is 0 Å². The molecule has 0 aromatic heterocycles. The topological polar surface area (TPSA) is 97.5 Å². The van der Waals surface area contributed by atoms with Crippen molar-refractivity contribution in [1.82, 2.24) is 0 Å². The van der Waals surface area contributed by atoms with Crippen LogP contribution in [0.2, 0.25) is 0 Å². The Morgan fingerprint density at radius 1 is 1.47 bits per heavy atom. The lowest BCUT2D eigenvalue weighted by Crippen LogP contribution is -2.07. The molecule has 0 aliphatic heterocycles. The molecule has 1 aromatic carbocycles. The lowest BCUT2D eigenvalue weighted by atomic mass is 10.2. The summed E-state index contributed by atoms with van der Waals surface area (Å²) in [6.07, 6.45) is 0. The van der Waals surface area contributed by atoms with E-state index in [0.717, 1.165) is 13.0 Å². The van der Waals surface area contributed by atoms with Crippen molar-refractivity contribution < 1.29 is 22.3 Å². The Kier molecular flexibility index (Phi) is 2.73. The zero-order valence-corrected chi connectivity index (χ0v) is 8.28.